The largest absolute Gasteiger partial charge is 0.443 e. The van der Waals surface area contributed by atoms with E-state index in [0.717, 1.165) is 0 Å². The van der Waals surface area contributed by atoms with Crippen molar-refractivity contribution < 1.29 is 19.7 Å². The van der Waals surface area contributed by atoms with Crippen molar-refractivity contribution in [3.05, 3.63) is 12.2 Å². The summed E-state index contributed by atoms with van der Waals surface area (Å²) in [7, 11) is 0. The van der Waals surface area contributed by atoms with Gasteiger partial charge in [-0.25, -0.2) is 10.1 Å². The first-order chi connectivity index (χ1) is 5.43. The zero-order valence-corrected chi connectivity index (χ0v) is 7.07. The van der Waals surface area contributed by atoms with Crippen LogP contribution >= 0.6 is 0 Å². The first-order valence-electron chi connectivity index (χ1n) is 3.42. The lowest BCUT2D eigenvalue weighted by molar-refractivity contribution is -0.153. The summed E-state index contributed by atoms with van der Waals surface area (Å²) < 4.78 is 4.65. The number of ether oxygens (including phenoxy) is 1. The summed E-state index contributed by atoms with van der Waals surface area (Å²) in [5.41, 5.74) is 0.260. The van der Waals surface area contributed by atoms with Gasteiger partial charge in [0.2, 0.25) is 6.41 Å². The monoisotopic (exact) mass is 175 g/mol. The minimum absolute atomic E-state index is 0.260. The minimum atomic E-state index is -1.70. The Balaban J connectivity index is 3.76. The van der Waals surface area contributed by atoms with Crippen molar-refractivity contribution in [2.24, 2.45) is 0 Å². The molecule has 0 radical (unpaired) electrons. The SMILES string of the molecule is C=C(C)C(=O)OC(C)NC(O)O. The first kappa shape index (κ1) is 11.1. The summed E-state index contributed by atoms with van der Waals surface area (Å²) in [6.45, 7) is 6.34. The molecule has 0 heterocycles. The van der Waals surface area contributed by atoms with Gasteiger partial charge in [0, 0.05) is 5.57 Å². The van der Waals surface area contributed by atoms with Crippen LogP contribution in [0.3, 0.4) is 0 Å². The number of aliphatic hydroxyl groups excluding tert-OH is 1. The van der Waals surface area contributed by atoms with Crippen LogP contribution in [0.5, 0.6) is 0 Å². The molecule has 12 heavy (non-hydrogen) atoms. The van der Waals surface area contributed by atoms with E-state index in [9.17, 15) is 4.79 Å². The molecule has 0 fully saturated rings. The second-order valence-electron chi connectivity index (χ2n) is 2.37. The molecule has 1 atom stereocenters. The third-order valence-corrected chi connectivity index (χ3v) is 1.02. The molecule has 0 aromatic carbocycles. The van der Waals surface area contributed by atoms with E-state index < -0.39 is 18.6 Å². The van der Waals surface area contributed by atoms with Gasteiger partial charge in [0.1, 0.15) is 0 Å². The predicted molar refractivity (Wildman–Crippen MR) is 41.7 cm³/mol. The lowest BCUT2D eigenvalue weighted by Gasteiger charge is -2.15. The van der Waals surface area contributed by atoms with Crippen molar-refractivity contribution in [1.29, 1.82) is 0 Å². The van der Waals surface area contributed by atoms with Gasteiger partial charge in [-0.15, -0.1) is 0 Å². The number of aliphatic hydroxyl groups is 2. The Morgan fingerprint density at radius 1 is 1.58 bits per heavy atom. The van der Waals surface area contributed by atoms with E-state index in [4.69, 9.17) is 10.2 Å². The number of carbonyl (C=O) groups is 1. The Bertz CT molecular complexity index is 178. The standard InChI is InChI=1S/C7H13NO4/c1-4(2)6(9)12-5(3)8-7(10)11/h5,7-8,10-11H,1H2,2-3H3. The maximum absolute atomic E-state index is 10.8. The van der Waals surface area contributed by atoms with E-state index in [-0.39, 0.29) is 5.57 Å². The molecule has 0 aliphatic rings. The highest BCUT2D eigenvalue weighted by Gasteiger charge is 2.10. The quantitative estimate of drug-likeness (QED) is 0.299. The number of hydrogen-bond acceptors (Lipinski definition) is 5. The maximum atomic E-state index is 10.8. The fourth-order valence-corrected chi connectivity index (χ4v) is 0.505. The van der Waals surface area contributed by atoms with Crippen molar-refractivity contribution in [3.63, 3.8) is 0 Å². The molecule has 0 aliphatic heterocycles. The summed E-state index contributed by atoms with van der Waals surface area (Å²) in [6, 6.07) is 0. The smallest absolute Gasteiger partial charge is 0.334 e. The van der Waals surface area contributed by atoms with Crippen LogP contribution in [0.25, 0.3) is 0 Å². The molecule has 0 aromatic rings. The Hall–Kier alpha value is -0.910. The van der Waals surface area contributed by atoms with Gasteiger partial charge in [0.05, 0.1) is 0 Å². The summed E-state index contributed by atoms with van der Waals surface area (Å²) >= 11 is 0. The van der Waals surface area contributed by atoms with Crippen LogP contribution in [0, 0.1) is 0 Å². The van der Waals surface area contributed by atoms with Gasteiger partial charge in [-0.2, -0.15) is 0 Å². The molecule has 0 rings (SSSR count). The van der Waals surface area contributed by atoms with Crippen LogP contribution in [-0.4, -0.2) is 28.8 Å². The molecule has 0 spiro atoms. The van der Waals surface area contributed by atoms with Gasteiger partial charge in [-0.3, -0.25) is 0 Å². The average Bonchev–Trinajstić information content (AvgIpc) is 1.84. The van der Waals surface area contributed by atoms with Gasteiger partial charge >= 0.3 is 5.97 Å². The Kier molecular flexibility index (Phi) is 4.50. The van der Waals surface area contributed by atoms with E-state index in [1.165, 1.54) is 13.8 Å². The highest BCUT2D eigenvalue weighted by molar-refractivity contribution is 5.87. The summed E-state index contributed by atoms with van der Waals surface area (Å²) in [5.74, 6) is -0.573. The fourth-order valence-electron chi connectivity index (χ4n) is 0.505. The minimum Gasteiger partial charge on any atom is -0.443 e. The molecule has 70 valence electrons. The molecule has 0 amide bonds. The van der Waals surface area contributed by atoms with Crippen LogP contribution in [0.4, 0.5) is 0 Å². The first-order valence-corrected chi connectivity index (χ1v) is 3.42. The molecule has 0 saturated heterocycles. The number of carbonyl (C=O) groups excluding carboxylic acids is 1. The molecular formula is C7H13NO4. The zero-order chi connectivity index (χ0) is 9.72. The third-order valence-electron chi connectivity index (χ3n) is 1.02. The molecule has 3 N–H and O–H groups in total. The number of nitrogens with one attached hydrogen (secondary N) is 1. The lowest BCUT2D eigenvalue weighted by atomic mass is 10.4. The van der Waals surface area contributed by atoms with Gasteiger partial charge in [0.25, 0.3) is 0 Å². The summed E-state index contributed by atoms with van der Waals surface area (Å²) in [6.07, 6.45) is -2.45. The average molecular weight is 175 g/mol. The highest BCUT2D eigenvalue weighted by atomic mass is 16.6. The molecule has 5 heteroatoms. The van der Waals surface area contributed by atoms with Gasteiger partial charge in [-0.05, 0) is 13.8 Å². The van der Waals surface area contributed by atoms with Gasteiger partial charge in [0.15, 0.2) is 6.23 Å². The van der Waals surface area contributed by atoms with E-state index in [2.05, 4.69) is 16.6 Å². The van der Waals surface area contributed by atoms with Crippen molar-refractivity contribution in [2.75, 3.05) is 0 Å². The van der Waals surface area contributed by atoms with Crippen molar-refractivity contribution >= 4 is 5.97 Å². The molecule has 1 unspecified atom stereocenters. The molecule has 0 bridgehead atoms. The molecule has 0 saturated carbocycles. The van der Waals surface area contributed by atoms with Crippen LogP contribution in [0.15, 0.2) is 12.2 Å². The van der Waals surface area contributed by atoms with Crippen LogP contribution in [0.1, 0.15) is 13.8 Å². The van der Waals surface area contributed by atoms with Crippen LogP contribution < -0.4 is 5.32 Å². The summed E-state index contributed by atoms with van der Waals surface area (Å²) in [4.78, 5) is 10.8. The molecular weight excluding hydrogens is 162 g/mol. The zero-order valence-electron chi connectivity index (χ0n) is 7.07. The normalized spacial score (nSPS) is 12.8. The van der Waals surface area contributed by atoms with Gasteiger partial charge < -0.3 is 14.9 Å². The van der Waals surface area contributed by atoms with E-state index >= 15 is 0 Å². The van der Waals surface area contributed by atoms with Crippen LogP contribution in [-0.2, 0) is 9.53 Å². The summed E-state index contributed by atoms with van der Waals surface area (Å²) in [5, 5.41) is 19.0. The number of rotatable bonds is 4. The third kappa shape index (κ3) is 4.84. The molecule has 0 aromatic heterocycles. The molecule has 5 nitrogen and oxygen atoms in total. The Morgan fingerprint density at radius 3 is 2.42 bits per heavy atom. The van der Waals surface area contributed by atoms with E-state index in [1.807, 2.05) is 0 Å². The van der Waals surface area contributed by atoms with Crippen molar-refractivity contribution in [1.82, 2.24) is 5.32 Å². The van der Waals surface area contributed by atoms with E-state index in [1.54, 1.807) is 0 Å². The second kappa shape index (κ2) is 4.87. The predicted octanol–water partition coefficient (Wildman–Crippen LogP) is -0.690. The molecule has 0 aliphatic carbocycles. The number of esters is 1. The van der Waals surface area contributed by atoms with Gasteiger partial charge in [-0.1, -0.05) is 6.58 Å². The number of hydrogen-bond donors (Lipinski definition) is 3. The van der Waals surface area contributed by atoms with Crippen LogP contribution in [0.2, 0.25) is 0 Å². The fraction of sp³-hybridized carbons (Fsp3) is 0.571. The lowest BCUT2D eigenvalue weighted by Crippen LogP contribution is -2.39. The Morgan fingerprint density at radius 2 is 2.08 bits per heavy atom. The maximum Gasteiger partial charge on any atom is 0.334 e. The van der Waals surface area contributed by atoms with Crippen molar-refractivity contribution in [2.45, 2.75) is 26.5 Å². The second-order valence-corrected chi connectivity index (χ2v) is 2.37. The Labute approximate surface area is 70.7 Å². The van der Waals surface area contributed by atoms with Crippen molar-refractivity contribution in [3.8, 4) is 0 Å². The topological polar surface area (TPSA) is 78.8 Å². The van der Waals surface area contributed by atoms with E-state index in [0.29, 0.717) is 0 Å². The highest BCUT2D eigenvalue weighted by Crippen LogP contribution is 1.95.